The van der Waals surface area contributed by atoms with Gasteiger partial charge in [0.05, 0.1) is 18.1 Å². The molecule has 0 unspecified atom stereocenters. The summed E-state index contributed by atoms with van der Waals surface area (Å²) >= 11 is 0. The molecule has 0 radical (unpaired) electrons. The third-order valence-corrected chi connectivity index (χ3v) is 6.71. The van der Waals surface area contributed by atoms with Gasteiger partial charge in [0.1, 0.15) is 5.75 Å². The lowest BCUT2D eigenvalue weighted by atomic mass is 10.1. The second-order valence-electron chi connectivity index (χ2n) is 6.75. The Balaban J connectivity index is 1.49. The minimum absolute atomic E-state index is 0.00224. The summed E-state index contributed by atoms with van der Waals surface area (Å²) in [6, 6.07) is 7.75. The quantitative estimate of drug-likeness (QED) is 0.725. The van der Waals surface area contributed by atoms with Crippen LogP contribution in [0.3, 0.4) is 0 Å². The summed E-state index contributed by atoms with van der Waals surface area (Å²) < 4.78 is 28.7. The van der Waals surface area contributed by atoms with E-state index in [1.54, 1.807) is 6.08 Å². The number of amides is 1. The van der Waals surface area contributed by atoms with Gasteiger partial charge in [0, 0.05) is 38.3 Å². The summed E-state index contributed by atoms with van der Waals surface area (Å²) in [5, 5.41) is 0. The fourth-order valence-electron chi connectivity index (χ4n) is 3.49. The molecule has 26 heavy (non-hydrogen) atoms. The Hall–Kier alpha value is -1.86. The summed E-state index contributed by atoms with van der Waals surface area (Å²) in [5.74, 6) is 1.37. The highest BCUT2D eigenvalue weighted by Gasteiger charge is 2.34. The van der Waals surface area contributed by atoms with Gasteiger partial charge in [-0.05, 0) is 37.1 Å². The van der Waals surface area contributed by atoms with Crippen LogP contribution >= 0.6 is 0 Å². The Morgan fingerprint density at radius 1 is 1.19 bits per heavy atom. The molecule has 0 saturated carbocycles. The van der Waals surface area contributed by atoms with Gasteiger partial charge in [-0.25, -0.2) is 8.42 Å². The van der Waals surface area contributed by atoms with Gasteiger partial charge >= 0.3 is 0 Å². The number of sulfone groups is 1. The Morgan fingerprint density at radius 2 is 1.88 bits per heavy atom. The van der Waals surface area contributed by atoms with Gasteiger partial charge in [-0.3, -0.25) is 9.69 Å². The van der Waals surface area contributed by atoms with Gasteiger partial charge in [-0.1, -0.05) is 12.1 Å². The first-order valence-corrected chi connectivity index (χ1v) is 10.9. The van der Waals surface area contributed by atoms with E-state index in [1.807, 2.05) is 42.2 Å². The summed E-state index contributed by atoms with van der Waals surface area (Å²) in [7, 11) is -2.86. The lowest BCUT2D eigenvalue weighted by Gasteiger charge is -2.37. The molecule has 1 atom stereocenters. The molecule has 2 aliphatic rings. The van der Waals surface area contributed by atoms with Crippen LogP contribution in [0.2, 0.25) is 0 Å². The average Bonchev–Trinajstić information content (AvgIpc) is 3.01. The van der Waals surface area contributed by atoms with Crippen LogP contribution in [-0.4, -0.2) is 74.5 Å². The van der Waals surface area contributed by atoms with Gasteiger partial charge in [-0.2, -0.15) is 0 Å². The molecule has 2 heterocycles. The third-order valence-electron chi connectivity index (χ3n) is 4.96. The van der Waals surface area contributed by atoms with Crippen molar-refractivity contribution >= 4 is 21.8 Å². The number of nitrogens with zero attached hydrogens (tertiary/aromatic N) is 2. The SMILES string of the molecule is CCOc1ccc(/C=C/C(=O)N2CCN([C@@H]3CCS(=O)(=O)C3)CC2)cc1. The van der Waals surface area contributed by atoms with E-state index in [2.05, 4.69) is 4.90 Å². The predicted octanol–water partition coefficient (Wildman–Crippen LogP) is 1.43. The van der Waals surface area contributed by atoms with Crippen molar-refractivity contribution in [2.45, 2.75) is 19.4 Å². The minimum atomic E-state index is -2.86. The molecule has 2 fully saturated rings. The zero-order chi connectivity index (χ0) is 18.6. The van der Waals surface area contributed by atoms with E-state index in [1.165, 1.54) is 0 Å². The molecule has 0 N–H and O–H groups in total. The van der Waals surface area contributed by atoms with Crippen molar-refractivity contribution in [3.63, 3.8) is 0 Å². The van der Waals surface area contributed by atoms with Crippen molar-refractivity contribution < 1.29 is 17.9 Å². The molecular weight excluding hydrogens is 352 g/mol. The van der Waals surface area contributed by atoms with Gasteiger partial charge in [-0.15, -0.1) is 0 Å². The fraction of sp³-hybridized carbons (Fsp3) is 0.526. The number of rotatable bonds is 5. The van der Waals surface area contributed by atoms with Crippen LogP contribution in [0, 0.1) is 0 Å². The zero-order valence-electron chi connectivity index (χ0n) is 15.1. The van der Waals surface area contributed by atoms with Crippen molar-refractivity contribution in [3.05, 3.63) is 35.9 Å². The third kappa shape index (κ3) is 4.86. The highest BCUT2D eigenvalue weighted by Crippen LogP contribution is 2.19. The standard InChI is InChI=1S/C19H26N2O4S/c1-2-25-18-6-3-16(4-7-18)5-8-19(22)21-12-10-20(11-13-21)17-9-14-26(23,24)15-17/h3-8,17H,2,9-15H2,1H3/b8-5+/t17-/m1/s1. The van der Waals surface area contributed by atoms with Crippen molar-refractivity contribution in [1.82, 2.24) is 9.80 Å². The Kier molecular flexibility index (Phi) is 5.98. The summed E-state index contributed by atoms with van der Waals surface area (Å²) in [6.45, 7) is 5.34. The summed E-state index contributed by atoms with van der Waals surface area (Å²) in [6.07, 6.45) is 4.13. The Labute approximate surface area is 155 Å². The molecule has 3 rings (SSSR count). The number of hydrogen-bond acceptors (Lipinski definition) is 5. The topological polar surface area (TPSA) is 66.9 Å². The normalized spacial score (nSPS) is 23.4. The van der Waals surface area contributed by atoms with Crippen molar-refractivity contribution in [3.8, 4) is 5.75 Å². The largest absolute Gasteiger partial charge is 0.494 e. The molecule has 1 amide bonds. The maximum atomic E-state index is 12.4. The molecular formula is C19H26N2O4S. The van der Waals surface area contributed by atoms with E-state index < -0.39 is 9.84 Å². The molecule has 7 heteroatoms. The first kappa shape index (κ1) is 18.9. The molecule has 0 spiro atoms. The molecule has 1 aromatic rings. The average molecular weight is 378 g/mol. The van der Waals surface area contributed by atoms with E-state index in [4.69, 9.17) is 4.74 Å². The molecule has 142 valence electrons. The monoisotopic (exact) mass is 378 g/mol. The second kappa shape index (κ2) is 8.22. The lowest BCUT2D eigenvalue weighted by molar-refractivity contribution is -0.127. The summed E-state index contributed by atoms with van der Waals surface area (Å²) in [4.78, 5) is 16.4. The smallest absolute Gasteiger partial charge is 0.246 e. The molecule has 2 aliphatic heterocycles. The highest BCUT2D eigenvalue weighted by atomic mass is 32.2. The van der Waals surface area contributed by atoms with Gasteiger partial charge < -0.3 is 9.64 Å². The number of hydrogen-bond donors (Lipinski definition) is 0. The van der Waals surface area contributed by atoms with Crippen molar-refractivity contribution in [1.29, 1.82) is 0 Å². The lowest BCUT2D eigenvalue weighted by Crippen LogP contribution is -2.52. The predicted molar refractivity (Wildman–Crippen MR) is 102 cm³/mol. The van der Waals surface area contributed by atoms with E-state index >= 15 is 0 Å². The minimum Gasteiger partial charge on any atom is -0.494 e. The molecule has 0 aromatic heterocycles. The zero-order valence-corrected chi connectivity index (χ0v) is 16.0. The van der Waals surface area contributed by atoms with Crippen molar-refractivity contribution in [2.24, 2.45) is 0 Å². The first-order chi connectivity index (χ1) is 12.5. The number of carbonyl (C=O) groups excluding carboxylic acids is 1. The molecule has 6 nitrogen and oxygen atoms in total. The molecule has 2 saturated heterocycles. The van der Waals surface area contributed by atoms with Crippen LogP contribution in [0.5, 0.6) is 5.75 Å². The maximum absolute atomic E-state index is 12.4. The van der Waals surface area contributed by atoms with E-state index in [9.17, 15) is 13.2 Å². The van der Waals surface area contributed by atoms with Crippen LogP contribution in [-0.2, 0) is 14.6 Å². The Morgan fingerprint density at radius 3 is 2.46 bits per heavy atom. The van der Waals surface area contributed by atoms with Crippen LogP contribution in [0.1, 0.15) is 18.9 Å². The van der Waals surface area contributed by atoms with Crippen LogP contribution in [0.15, 0.2) is 30.3 Å². The number of benzene rings is 1. The van der Waals surface area contributed by atoms with Gasteiger partial charge in [0.15, 0.2) is 9.84 Å². The number of piperazine rings is 1. The molecule has 1 aromatic carbocycles. The van der Waals surface area contributed by atoms with E-state index in [0.29, 0.717) is 31.9 Å². The fourth-order valence-corrected chi connectivity index (χ4v) is 5.25. The van der Waals surface area contributed by atoms with E-state index in [-0.39, 0.29) is 17.7 Å². The van der Waals surface area contributed by atoms with E-state index in [0.717, 1.165) is 24.4 Å². The van der Waals surface area contributed by atoms with Gasteiger partial charge in [0.25, 0.3) is 0 Å². The molecule has 0 bridgehead atoms. The second-order valence-corrected chi connectivity index (χ2v) is 8.98. The first-order valence-electron chi connectivity index (χ1n) is 9.11. The van der Waals surface area contributed by atoms with Gasteiger partial charge in [0.2, 0.25) is 5.91 Å². The van der Waals surface area contributed by atoms with Crippen LogP contribution in [0.4, 0.5) is 0 Å². The number of carbonyl (C=O) groups is 1. The van der Waals surface area contributed by atoms with Crippen molar-refractivity contribution in [2.75, 3.05) is 44.3 Å². The molecule has 0 aliphatic carbocycles. The summed E-state index contributed by atoms with van der Waals surface area (Å²) in [5.41, 5.74) is 0.955. The van der Waals surface area contributed by atoms with Crippen LogP contribution < -0.4 is 4.74 Å². The Bertz CT molecular complexity index is 750. The maximum Gasteiger partial charge on any atom is 0.246 e. The van der Waals surface area contributed by atoms with Crippen LogP contribution in [0.25, 0.3) is 6.08 Å². The highest BCUT2D eigenvalue weighted by molar-refractivity contribution is 7.91. The number of ether oxygens (including phenoxy) is 1.